The molecule has 0 aliphatic carbocycles. The van der Waals surface area contributed by atoms with E-state index in [9.17, 15) is 4.79 Å². The Balaban J connectivity index is 2.04. The maximum absolute atomic E-state index is 12.1. The van der Waals surface area contributed by atoms with Crippen LogP contribution >= 0.6 is 11.8 Å². The number of carbonyl (C=O) groups is 1. The molecule has 17 heavy (non-hydrogen) atoms. The van der Waals surface area contributed by atoms with Gasteiger partial charge in [-0.05, 0) is 25.1 Å². The third kappa shape index (κ3) is 3.33. The predicted molar refractivity (Wildman–Crippen MR) is 72.7 cm³/mol. The third-order valence-electron chi connectivity index (χ3n) is 2.94. The van der Waals surface area contributed by atoms with Crippen molar-refractivity contribution in [2.75, 3.05) is 13.1 Å². The zero-order valence-corrected chi connectivity index (χ0v) is 11.2. The normalized spacial score (nSPS) is 19.8. The molecule has 0 aromatic heterocycles. The first-order valence-corrected chi connectivity index (χ1v) is 7.06. The second kappa shape index (κ2) is 5.69. The molecule has 1 N–H and O–H groups in total. The molecule has 3 heteroatoms. The second-order valence-corrected chi connectivity index (χ2v) is 6.39. The van der Waals surface area contributed by atoms with Crippen LogP contribution in [0.15, 0.2) is 29.2 Å². The van der Waals surface area contributed by atoms with Gasteiger partial charge in [-0.3, -0.25) is 4.79 Å². The molecule has 0 radical (unpaired) electrons. The fourth-order valence-corrected chi connectivity index (χ4v) is 2.92. The summed E-state index contributed by atoms with van der Waals surface area (Å²) in [6, 6.07) is 8.04. The lowest BCUT2D eigenvalue weighted by atomic mass is 9.97. The zero-order valence-electron chi connectivity index (χ0n) is 10.4. The first-order valence-electron chi connectivity index (χ1n) is 6.18. The van der Waals surface area contributed by atoms with E-state index in [4.69, 9.17) is 0 Å². The number of benzene rings is 1. The van der Waals surface area contributed by atoms with E-state index in [-0.39, 0.29) is 11.7 Å². The van der Waals surface area contributed by atoms with Gasteiger partial charge in [0.2, 0.25) is 0 Å². The Bertz CT molecular complexity index is 380. The van der Waals surface area contributed by atoms with Gasteiger partial charge < -0.3 is 5.32 Å². The van der Waals surface area contributed by atoms with Gasteiger partial charge in [0, 0.05) is 28.2 Å². The van der Waals surface area contributed by atoms with Crippen LogP contribution in [-0.4, -0.2) is 24.1 Å². The van der Waals surface area contributed by atoms with Gasteiger partial charge in [-0.1, -0.05) is 26.0 Å². The average molecular weight is 249 g/mol. The minimum Gasteiger partial charge on any atom is -0.316 e. The van der Waals surface area contributed by atoms with E-state index in [2.05, 4.69) is 31.3 Å². The van der Waals surface area contributed by atoms with E-state index >= 15 is 0 Å². The average Bonchev–Trinajstić information content (AvgIpc) is 2.82. The molecular weight excluding hydrogens is 230 g/mol. The van der Waals surface area contributed by atoms with Crippen LogP contribution in [0.4, 0.5) is 0 Å². The van der Waals surface area contributed by atoms with Crippen LogP contribution in [0, 0.1) is 5.92 Å². The molecule has 1 aliphatic rings. The Hall–Kier alpha value is -0.800. The van der Waals surface area contributed by atoms with Crippen LogP contribution in [-0.2, 0) is 0 Å². The van der Waals surface area contributed by atoms with Crippen molar-refractivity contribution in [3.05, 3.63) is 29.8 Å². The number of Topliss-reactive ketones (excluding diaryl/α,β-unsaturated/α-hetero) is 1. The van der Waals surface area contributed by atoms with Gasteiger partial charge in [0.1, 0.15) is 0 Å². The monoisotopic (exact) mass is 249 g/mol. The lowest BCUT2D eigenvalue weighted by Crippen LogP contribution is -2.17. The van der Waals surface area contributed by atoms with Crippen molar-refractivity contribution in [2.45, 2.75) is 30.4 Å². The Morgan fingerprint density at radius 2 is 2.06 bits per heavy atom. The summed E-state index contributed by atoms with van der Waals surface area (Å²) in [6.07, 6.45) is 0.974. The van der Waals surface area contributed by atoms with Crippen molar-refractivity contribution in [1.82, 2.24) is 5.32 Å². The third-order valence-corrected chi connectivity index (χ3v) is 3.96. The van der Waals surface area contributed by atoms with Gasteiger partial charge >= 0.3 is 0 Å². The number of hydrogen-bond acceptors (Lipinski definition) is 3. The standard InChI is InChI=1S/C14H19NOS/c1-10(2)17-13-5-3-11(4-6-13)14(16)12-7-8-15-9-12/h3-6,10,12,15H,7-9H2,1-2H3. The summed E-state index contributed by atoms with van der Waals surface area (Å²) in [5.41, 5.74) is 0.854. The maximum atomic E-state index is 12.1. The van der Waals surface area contributed by atoms with E-state index in [1.165, 1.54) is 4.90 Å². The molecule has 2 nitrogen and oxygen atoms in total. The number of carbonyl (C=O) groups excluding carboxylic acids is 1. The van der Waals surface area contributed by atoms with Crippen LogP contribution in [0.2, 0.25) is 0 Å². The van der Waals surface area contributed by atoms with E-state index in [1.807, 2.05) is 23.9 Å². The van der Waals surface area contributed by atoms with Crippen LogP contribution in [0.5, 0.6) is 0 Å². The molecule has 2 rings (SSSR count). The topological polar surface area (TPSA) is 29.1 Å². The maximum Gasteiger partial charge on any atom is 0.167 e. The number of rotatable bonds is 4. The van der Waals surface area contributed by atoms with Crippen LogP contribution < -0.4 is 5.32 Å². The SMILES string of the molecule is CC(C)Sc1ccc(C(=O)C2CCNC2)cc1. The Kier molecular flexibility index (Phi) is 4.24. The van der Waals surface area contributed by atoms with Gasteiger partial charge in [-0.15, -0.1) is 11.8 Å². The summed E-state index contributed by atoms with van der Waals surface area (Å²) in [5, 5.41) is 3.81. The summed E-state index contributed by atoms with van der Waals surface area (Å²) in [7, 11) is 0. The molecule has 1 aliphatic heterocycles. The van der Waals surface area contributed by atoms with Crippen molar-refractivity contribution in [3.63, 3.8) is 0 Å². The fraction of sp³-hybridized carbons (Fsp3) is 0.500. The minimum absolute atomic E-state index is 0.179. The molecule has 1 aromatic rings. The summed E-state index contributed by atoms with van der Waals surface area (Å²) in [4.78, 5) is 13.4. The molecule has 1 unspecified atom stereocenters. The highest BCUT2D eigenvalue weighted by Crippen LogP contribution is 2.24. The number of ketones is 1. The summed E-state index contributed by atoms with van der Waals surface area (Å²) in [5.74, 6) is 0.467. The Morgan fingerprint density at radius 3 is 2.59 bits per heavy atom. The van der Waals surface area contributed by atoms with E-state index in [0.29, 0.717) is 5.25 Å². The van der Waals surface area contributed by atoms with Gasteiger partial charge in [-0.2, -0.15) is 0 Å². The lowest BCUT2D eigenvalue weighted by Gasteiger charge is -2.09. The lowest BCUT2D eigenvalue weighted by molar-refractivity contribution is 0.0930. The Labute approximate surface area is 107 Å². The highest BCUT2D eigenvalue weighted by molar-refractivity contribution is 7.99. The molecule has 0 spiro atoms. The molecule has 1 heterocycles. The van der Waals surface area contributed by atoms with Crippen molar-refractivity contribution in [2.24, 2.45) is 5.92 Å². The summed E-state index contributed by atoms with van der Waals surface area (Å²) >= 11 is 1.83. The van der Waals surface area contributed by atoms with Crippen molar-refractivity contribution in [3.8, 4) is 0 Å². The van der Waals surface area contributed by atoms with Gasteiger partial charge in [0.25, 0.3) is 0 Å². The van der Waals surface area contributed by atoms with E-state index < -0.39 is 0 Å². The highest BCUT2D eigenvalue weighted by atomic mass is 32.2. The van der Waals surface area contributed by atoms with Crippen LogP contribution in [0.25, 0.3) is 0 Å². The largest absolute Gasteiger partial charge is 0.316 e. The number of hydrogen-bond donors (Lipinski definition) is 1. The van der Waals surface area contributed by atoms with Gasteiger partial charge in [0.15, 0.2) is 5.78 Å². The fourth-order valence-electron chi connectivity index (χ4n) is 2.08. The van der Waals surface area contributed by atoms with Crippen LogP contribution in [0.1, 0.15) is 30.6 Å². The second-order valence-electron chi connectivity index (χ2n) is 4.74. The van der Waals surface area contributed by atoms with Gasteiger partial charge in [-0.25, -0.2) is 0 Å². The first-order chi connectivity index (χ1) is 8.16. The molecule has 1 fully saturated rings. The molecule has 0 bridgehead atoms. The number of nitrogens with one attached hydrogen (secondary N) is 1. The number of thioether (sulfide) groups is 1. The minimum atomic E-state index is 0.179. The summed E-state index contributed by atoms with van der Waals surface area (Å²) < 4.78 is 0. The molecule has 1 aromatic carbocycles. The Morgan fingerprint density at radius 1 is 1.35 bits per heavy atom. The highest BCUT2D eigenvalue weighted by Gasteiger charge is 2.23. The molecule has 0 amide bonds. The van der Waals surface area contributed by atoms with Crippen molar-refractivity contribution < 1.29 is 4.79 Å². The van der Waals surface area contributed by atoms with Crippen molar-refractivity contribution in [1.29, 1.82) is 0 Å². The molecule has 1 atom stereocenters. The first kappa shape index (κ1) is 12.7. The predicted octanol–water partition coefficient (Wildman–Crippen LogP) is 2.98. The van der Waals surface area contributed by atoms with Crippen LogP contribution in [0.3, 0.4) is 0 Å². The molecule has 1 saturated heterocycles. The smallest absolute Gasteiger partial charge is 0.167 e. The van der Waals surface area contributed by atoms with E-state index in [1.54, 1.807) is 0 Å². The molecular formula is C14H19NOS. The van der Waals surface area contributed by atoms with Gasteiger partial charge in [0.05, 0.1) is 0 Å². The van der Waals surface area contributed by atoms with E-state index in [0.717, 1.165) is 25.1 Å². The zero-order chi connectivity index (χ0) is 12.3. The van der Waals surface area contributed by atoms with Crippen molar-refractivity contribution >= 4 is 17.5 Å². The summed E-state index contributed by atoms with van der Waals surface area (Å²) in [6.45, 7) is 6.15. The molecule has 92 valence electrons. The quantitative estimate of drug-likeness (QED) is 0.657. The molecule has 0 saturated carbocycles.